The summed E-state index contributed by atoms with van der Waals surface area (Å²) in [5.41, 5.74) is 3.21. The quantitative estimate of drug-likeness (QED) is 0.361. The number of ether oxygens (including phenoxy) is 4. The van der Waals surface area contributed by atoms with E-state index in [-0.39, 0.29) is 34.6 Å². The molecule has 6 rings (SSSR count). The van der Waals surface area contributed by atoms with E-state index in [2.05, 4.69) is 57.4 Å². The van der Waals surface area contributed by atoms with Gasteiger partial charge in [-0.1, -0.05) is 76.1 Å². The second-order valence-corrected chi connectivity index (χ2v) is 15.1. The van der Waals surface area contributed by atoms with Gasteiger partial charge in [0.25, 0.3) is 0 Å². The van der Waals surface area contributed by atoms with Gasteiger partial charge in [-0.05, 0) is 61.0 Å². The Bertz CT molecular complexity index is 1300. The minimum Gasteiger partial charge on any atom is -0.446 e. The zero-order valence-corrected chi connectivity index (χ0v) is 27.2. The summed E-state index contributed by atoms with van der Waals surface area (Å²) in [5.74, 6) is 1.55. The van der Waals surface area contributed by atoms with Gasteiger partial charge in [0.2, 0.25) is 0 Å². The maximum absolute atomic E-state index is 13.3. The van der Waals surface area contributed by atoms with E-state index < -0.39 is 18.3 Å². The van der Waals surface area contributed by atoms with Crippen LogP contribution in [0.15, 0.2) is 53.6 Å². The van der Waals surface area contributed by atoms with Crippen LogP contribution in [0.4, 0.5) is 15.3 Å². The number of carbonyl (C=O) groups is 2. The van der Waals surface area contributed by atoms with Gasteiger partial charge >= 0.3 is 12.2 Å². The van der Waals surface area contributed by atoms with Gasteiger partial charge in [-0.25, -0.2) is 9.59 Å². The number of amides is 2. The molecule has 1 aromatic rings. The number of fused-ring (bicyclic) bond motifs is 5. The molecule has 4 fully saturated rings. The third-order valence-electron chi connectivity index (χ3n) is 11.8. The van der Waals surface area contributed by atoms with Crippen molar-refractivity contribution in [2.24, 2.45) is 39.9 Å². The molecule has 2 N–H and O–H groups in total. The normalized spacial score (nSPS) is 36.8. The Labute approximate surface area is 262 Å². The van der Waals surface area contributed by atoms with E-state index >= 15 is 0 Å². The van der Waals surface area contributed by atoms with Gasteiger partial charge in [0, 0.05) is 42.3 Å². The van der Waals surface area contributed by atoms with Crippen LogP contribution >= 0.6 is 0 Å². The summed E-state index contributed by atoms with van der Waals surface area (Å²) >= 11 is 0. The van der Waals surface area contributed by atoms with Crippen molar-refractivity contribution in [3.63, 3.8) is 0 Å². The highest BCUT2D eigenvalue weighted by atomic mass is 16.7. The molecule has 1 aromatic carbocycles. The standard InChI is InChI=1S/C36H50N2O6/c1-22(31-41-20-34(2,3)21-42-31)27-14-15-28-26-13-12-23-18-25(43-32(39)37-6)19-30(36(23,5)29(26)16-17-35(27,28)4)44-33(40)38-24-10-8-7-9-11-24/h7-13,22,25,27-31H,14-21H2,1-6H3,(H,37,39)(H,38,40)/t22?,25?,27-,28+,29+,30?,35-,36+/m1/s1. The third-order valence-corrected chi connectivity index (χ3v) is 11.8. The molecule has 1 aliphatic heterocycles. The van der Waals surface area contributed by atoms with Crippen molar-refractivity contribution in [3.05, 3.63) is 53.6 Å². The number of carbonyl (C=O) groups excluding carboxylic acids is 2. The maximum atomic E-state index is 13.3. The molecule has 3 unspecified atom stereocenters. The number of anilines is 1. The van der Waals surface area contributed by atoms with Crippen LogP contribution < -0.4 is 10.6 Å². The molecule has 1 saturated heterocycles. The van der Waals surface area contributed by atoms with E-state index in [4.69, 9.17) is 18.9 Å². The predicted molar refractivity (Wildman–Crippen MR) is 169 cm³/mol. The fraction of sp³-hybridized carbons (Fsp3) is 0.667. The lowest BCUT2D eigenvalue weighted by Gasteiger charge is -2.57. The Hall–Kier alpha value is -2.84. The van der Waals surface area contributed by atoms with Gasteiger partial charge in [0.15, 0.2) is 6.29 Å². The van der Waals surface area contributed by atoms with Crippen LogP contribution in [-0.4, -0.2) is 50.9 Å². The van der Waals surface area contributed by atoms with Crippen LogP contribution in [0.2, 0.25) is 0 Å². The zero-order valence-electron chi connectivity index (χ0n) is 27.2. The molecular weight excluding hydrogens is 556 g/mol. The largest absolute Gasteiger partial charge is 0.446 e. The molecular formula is C36H50N2O6. The van der Waals surface area contributed by atoms with Crippen LogP contribution in [-0.2, 0) is 18.9 Å². The molecule has 0 spiro atoms. The molecule has 8 atom stereocenters. The lowest BCUT2D eigenvalue weighted by Crippen LogP contribution is -2.55. The number of hydrogen-bond donors (Lipinski definition) is 2. The number of alkyl carbamates (subject to hydrolysis) is 1. The lowest BCUT2D eigenvalue weighted by atomic mass is 9.49. The Morgan fingerprint density at radius 1 is 0.932 bits per heavy atom. The summed E-state index contributed by atoms with van der Waals surface area (Å²) in [7, 11) is 1.56. The first-order valence-electron chi connectivity index (χ1n) is 16.5. The summed E-state index contributed by atoms with van der Waals surface area (Å²) < 4.78 is 24.6. The van der Waals surface area contributed by atoms with Gasteiger partial charge in [-0.2, -0.15) is 0 Å². The Morgan fingerprint density at radius 2 is 1.66 bits per heavy atom. The van der Waals surface area contributed by atoms with E-state index in [9.17, 15) is 9.59 Å². The summed E-state index contributed by atoms with van der Waals surface area (Å²) in [4.78, 5) is 25.5. The molecule has 8 heteroatoms. The number of para-hydroxylation sites is 1. The summed E-state index contributed by atoms with van der Waals surface area (Å²) in [6.07, 6.45) is 8.23. The van der Waals surface area contributed by atoms with Crippen molar-refractivity contribution < 1.29 is 28.5 Å². The summed E-state index contributed by atoms with van der Waals surface area (Å²) in [5, 5.41) is 5.47. The monoisotopic (exact) mass is 606 g/mol. The van der Waals surface area contributed by atoms with Crippen molar-refractivity contribution >= 4 is 17.9 Å². The fourth-order valence-corrected chi connectivity index (χ4v) is 9.38. The van der Waals surface area contributed by atoms with E-state index in [1.807, 2.05) is 30.3 Å². The molecule has 5 aliphatic rings. The molecule has 8 nitrogen and oxygen atoms in total. The number of benzene rings is 1. The van der Waals surface area contributed by atoms with Gasteiger partial charge in [0.05, 0.1) is 13.2 Å². The molecule has 0 aromatic heterocycles. The van der Waals surface area contributed by atoms with Crippen molar-refractivity contribution in [3.8, 4) is 0 Å². The average Bonchev–Trinajstić information content (AvgIpc) is 3.35. The number of rotatable bonds is 5. The second-order valence-electron chi connectivity index (χ2n) is 15.1. The number of nitrogens with one attached hydrogen (secondary N) is 2. The zero-order chi connectivity index (χ0) is 31.3. The van der Waals surface area contributed by atoms with E-state index in [0.717, 1.165) is 38.9 Å². The highest BCUT2D eigenvalue weighted by Crippen LogP contribution is 2.66. The van der Waals surface area contributed by atoms with Crippen LogP contribution in [0.5, 0.6) is 0 Å². The third kappa shape index (κ3) is 5.57. The Balaban J connectivity index is 1.25. The summed E-state index contributed by atoms with van der Waals surface area (Å²) in [6.45, 7) is 12.9. The van der Waals surface area contributed by atoms with Crippen LogP contribution in [0.25, 0.3) is 0 Å². The molecule has 4 aliphatic carbocycles. The molecule has 2 amide bonds. The lowest BCUT2D eigenvalue weighted by molar-refractivity contribution is -0.252. The molecule has 240 valence electrons. The molecule has 3 saturated carbocycles. The molecule has 0 radical (unpaired) electrons. The smallest absolute Gasteiger partial charge is 0.411 e. The molecule has 44 heavy (non-hydrogen) atoms. The number of hydrogen-bond acceptors (Lipinski definition) is 6. The Kier molecular flexibility index (Phi) is 8.37. The predicted octanol–water partition coefficient (Wildman–Crippen LogP) is 7.47. The van der Waals surface area contributed by atoms with Crippen molar-refractivity contribution in [1.82, 2.24) is 5.32 Å². The minimum absolute atomic E-state index is 0.0593. The second kappa shape index (κ2) is 11.8. The van der Waals surface area contributed by atoms with Gasteiger partial charge in [-0.15, -0.1) is 0 Å². The first-order chi connectivity index (χ1) is 20.9. The van der Waals surface area contributed by atoms with E-state index in [0.29, 0.717) is 36.3 Å². The van der Waals surface area contributed by atoms with Crippen molar-refractivity contribution in [1.29, 1.82) is 0 Å². The van der Waals surface area contributed by atoms with Crippen LogP contribution in [0.3, 0.4) is 0 Å². The van der Waals surface area contributed by atoms with Crippen LogP contribution in [0.1, 0.15) is 73.1 Å². The maximum Gasteiger partial charge on any atom is 0.411 e. The van der Waals surface area contributed by atoms with Gasteiger partial charge in [-0.3, -0.25) is 5.32 Å². The van der Waals surface area contributed by atoms with Gasteiger partial charge in [0.1, 0.15) is 12.2 Å². The highest BCUT2D eigenvalue weighted by molar-refractivity contribution is 5.84. The van der Waals surface area contributed by atoms with Crippen LogP contribution in [0, 0.1) is 39.9 Å². The first-order valence-corrected chi connectivity index (χ1v) is 16.5. The molecule has 1 heterocycles. The highest BCUT2D eigenvalue weighted by Gasteiger charge is 2.61. The summed E-state index contributed by atoms with van der Waals surface area (Å²) in [6, 6.07) is 9.36. The Morgan fingerprint density at radius 3 is 2.36 bits per heavy atom. The van der Waals surface area contributed by atoms with E-state index in [1.165, 1.54) is 11.1 Å². The minimum atomic E-state index is -0.482. The van der Waals surface area contributed by atoms with E-state index in [1.54, 1.807) is 7.05 Å². The fourth-order valence-electron chi connectivity index (χ4n) is 9.38. The topological polar surface area (TPSA) is 95.1 Å². The van der Waals surface area contributed by atoms with Gasteiger partial charge < -0.3 is 24.3 Å². The average molecular weight is 607 g/mol. The number of allylic oxidation sites excluding steroid dienone is 3. The van der Waals surface area contributed by atoms with Crippen molar-refractivity contribution in [2.45, 2.75) is 91.6 Å². The SMILES string of the molecule is CNC(=O)OC1CC2=CC=C3[C@@H]4CC[C@H](C(C)C5OCC(C)(C)CO5)[C@@]4(C)CC[C@@H]3[C@@]2(C)C(OC(=O)Nc2ccccc2)C1. The molecule has 0 bridgehead atoms. The first kappa shape index (κ1) is 31.2. The van der Waals surface area contributed by atoms with Crippen molar-refractivity contribution in [2.75, 3.05) is 25.6 Å².